The summed E-state index contributed by atoms with van der Waals surface area (Å²) in [6.45, 7) is 3.79. The molecule has 1 saturated heterocycles. The third kappa shape index (κ3) is 3.30. The molecule has 2 atom stereocenters. The summed E-state index contributed by atoms with van der Waals surface area (Å²) in [4.78, 5) is 4.30. The predicted octanol–water partition coefficient (Wildman–Crippen LogP) is 3.48. The first-order valence-corrected chi connectivity index (χ1v) is 9.58. The van der Waals surface area contributed by atoms with Crippen molar-refractivity contribution in [1.29, 1.82) is 0 Å². The van der Waals surface area contributed by atoms with E-state index < -0.39 is 0 Å². The number of benzene rings is 1. The fourth-order valence-corrected chi connectivity index (χ4v) is 5.03. The maximum atomic E-state index is 3.75. The molecule has 1 aromatic carbocycles. The Morgan fingerprint density at radius 2 is 2.05 bits per heavy atom. The monoisotopic (exact) mass is 302 g/mol. The zero-order chi connectivity index (χ0) is 14.1. The van der Waals surface area contributed by atoms with Crippen LogP contribution in [-0.2, 0) is 0 Å². The van der Waals surface area contributed by atoms with Crippen LogP contribution in [0.3, 0.4) is 0 Å². The summed E-state index contributed by atoms with van der Waals surface area (Å²) in [6, 6.07) is 10.6. The molecule has 4 rings (SSSR count). The Morgan fingerprint density at radius 3 is 2.95 bits per heavy atom. The van der Waals surface area contributed by atoms with Gasteiger partial charge in [-0.1, -0.05) is 24.6 Å². The van der Waals surface area contributed by atoms with E-state index in [-0.39, 0.29) is 0 Å². The fraction of sp³-hybridized carbons (Fsp3) is 0.667. The first-order chi connectivity index (χ1) is 10.4. The van der Waals surface area contributed by atoms with Crippen LogP contribution < -0.4 is 5.32 Å². The van der Waals surface area contributed by atoms with E-state index in [2.05, 4.69) is 46.2 Å². The third-order valence-corrected chi connectivity index (χ3v) is 6.47. The van der Waals surface area contributed by atoms with Crippen LogP contribution in [0.2, 0.25) is 0 Å². The van der Waals surface area contributed by atoms with Crippen molar-refractivity contribution in [3.63, 3.8) is 0 Å². The quantitative estimate of drug-likeness (QED) is 0.896. The van der Waals surface area contributed by atoms with E-state index in [1.165, 1.54) is 62.4 Å². The Bertz CT molecular complexity index is 486. The first-order valence-electron chi connectivity index (χ1n) is 8.59. The number of nitrogens with one attached hydrogen (secondary N) is 1. The van der Waals surface area contributed by atoms with Gasteiger partial charge in [-0.15, -0.1) is 11.8 Å². The highest BCUT2D eigenvalue weighted by molar-refractivity contribution is 7.99. The van der Waals surface area contributed by atoms with Crippen LogP contribution in [0.15, 0.2) is 29.2 Å². The summed E-state index contributed by atoms with van der Waals surface area (Å²) in [5.74, 6) is 2.02. The largest absolute Gasteiger partial charge is 0.312 e. The lowest BCUT2D eigenvalue weighted by Gasteiger charge is -2.37. The van der Waals surface area contributed by atoms with Crippen molar-refractivity contribution in [3.8, 4) is 0 Å². The van der Waals surface area contributed by atoms with Crippen molar-refractivity contribution in [3.05, 3.63) is 29.8 Å². The number of hydrogen-bond acceptors (Lipinski definition) is 3. The van der Waals surface area contributed by atoms with Gasteiger partial charge in [0.05, 0.1) is 0 Å². The number of rotatable bonds is 5. The zero-order valence-electron chi connectivity index (χ0n) is 12.8. The molecule has 2 aliphatic heterocycles. The number of fused-ring (bicyclic) bond motifs is 1. The van der Waals surface area contributed by atoms with Crippen LogP contribution in [0.25, 0.3) is 0 Å². The molecule has 0 spiro atoms. The van der Waals surface area contributed by atoms with Gasteiger partial charge in [0.15, 0.2) is 0 Å². The minimum absolute atomic E-state index is 0.743. The number of thioether (sulfide) groups is 1. The Balaban J connectivity index is 1.39. The van der Waals surface area contributed by atoms with Gasteiger partial charge in [-0.25, -0.2) is 0 Å². The summed E-state index contributed by atoms with van der Waals surface area (Å²) in [6.07, 6.45) is 7.00. The molecule has 3 heteroatoms. The van der Waals surface area contributed by atoms with E-state index in [0.717, 1.165) is 18.0 Å². The van der Waals surface area contributed by atoms with Crippen LogP contribution in [0.1, 0.15) is 43.6 Å². The molecule has 2 heterocycles. The van der Waals surface area contributed by atoms with Gasteiger partial charge < -0.3 is 5.32 Å². The minimum Gasteiger partial charge on any atom is -0.312 e. The second kappa shape index (κ2) is 6.31. The van der Waals surface area contributed by atoms with Gasteiger partial charge in [-0.2, -0.15) is 0 Å². The highest BCUT2D eigenvalue weighted by Gasteiger charge is 2.30. The Kier molecular flexibility index (Phi) is 4.24. The van der Waals surface area contributed by atoms with Gasteiger partial charge in [0, 0.05) is 41.7 Å². The SMILES string of the molecule is c1ccc2c(c1)SCC2CN1CCCCC1CNC1CC1. The average Bonchev–Trinajstić information content (AvgIpc) is 3.27. The van der Waals surface area contributed by atoms with Gasteiger partial charge in [-0.05, 0) is 43.9 Å². The molecular formula is C18H26N2S. The molecule has 2 unspecified atom stereocenters. The molecule has 0 aromatic heterocycles. The van der Waals surface area contributed by atoms with E-state index in [1.807, 2.05) is 0 Å². The number of likely N-dealkylation sites (tertiary alicyclic amines) is 1. The molecule has 1 N–H and O–H groups in total. The van der Waals surface area contributed by atoms with Crippen LogP contribution in [-0.4, -0.2) is 42.4 Å². The highest BCUT2D eigenvalue weighted by Crippen LogP contribution is 2.40. The predicted molar refractivity (Wildman–Crippen MR) is 90.1 cm³/mol. The first kappa shape index (κ1) is 14.1. The molecular weight excluding hydrogens is 276 g/mol. The maximum absolute atomic E-state index is 3.75. The second-order valence-electron chi connectivity index (χ2n) is 6.87. The molecule has 1 aliphatic carbocycles. The lowest BCUT2D eigenvalue weighted by atomic mass is 9.96. The topological polar surface area (TPSA) is 15.3 Å². The number of nitrogens with zero attached hydrogens (tertiary/aromatic N) is 1. The van der Waals surface area contributed by atoms with Crippen molar-refractivity contribution in [2.45, 2.75) is 55.0 Å². The van der Waals surface area contributed by atoms with Gasteiger partial charge >= 0.3 is 0 Å². The van der Waals surface area contributed by atoms with Crippen LogP contribution >= 0.6 is 11.8 Å². The summed E-state index contributed by atoms with van der Waals surface area (Å²) >= 11 is 2.05. The highest BCUT2D eigenvalue weighted by atomic mass is 32.2. The van der Waals surface area contributed by atoms with E-state index in [4.69, 9.17) is 0 Å². The summed E-state index contributed by atoms with van der Waals surface area (Å²) in [7, 11) is 0. The summed E-state index contributed by atoms with van der Waals surface area (Å²) in [5.41, 5.74) is 1.60. The lowest BCUT2D eigenvalue weighted by Crippen LogP contribution is -2.47. The van der Waals surface area contributed by atoms with Crippen LogP contribution in [0.4, 0.5) is 0 Å². The van der Waals surface area contributed by atoms with Gasteiger partial charge in [0.25, 0.3) is 0 Å². The van der Waals surface area contributed by atoms with E-state index in [1.54, 1.807) is 5.56 Å². The Hall–Kier alpha value is -0.510. The molecule has 2 nitrogen and oxygen atoms in total. The summed E-state index contributed by atoms with van der Waals surface area (Å²) in [5, 5.41) is 3.75. The average molecular weight is 302 g/mol. The van der Waals surface area contributed by atoms with Crippen molar-refractivity contribution in [1.82, 2.24) is 10.2 Å². The Morgan fingerprint density at radius 1 is 1.14 bits per heavy atom. The third-order valence-electron chi connectivity index (χ3n) is 5.22. The van der Waals surface area contributed by atoms with E-state index >= 15 is 0 Å². The molecule has 0 radical (unpaired) electrons. The van der Waals surface area contributed by atoms with E-state index in [9.17, 15) is 0 Å². The number of piperidine rings is 1. The molecule has 0 amide bonds. The molecule has 1 saturated carbocycles. The standard InChI is InChI=1S/C18H26N2S/c1-2-7-18-17(6-1)14(13-21-18)12-20-10-4-3-5-16(20)11-19-15-8-9-15/h1-2,6-7,14-16,19H,3-5,8-13H2. The van der Waals surface area contributed by atoms with Gasteiger partial charge in [0.2, 0.25) is 0 Å². The normalized spacial score (nSPS) is 29.5. The van der Waals surface area contributed by atoms with Crippen molar-refractivity contribution in [2.24, 2.45) is 0 Å². The Labute approximate surface area is 132 Å². The zero-order valence-corrected chi connectivity index (χ0v) is 13.6. The molecule has 114 valence electrons. The number of hydrogen-bond donors (Lipinski definition) is 1. The van der Waals surface area contributed by atoms with Crippen molar-refractivity contribution >= 4 is 11.8 Å². The van der Waals surface area contributed by atoms with Gasteiger partial charge in [0.1, 0.15) is 0 Å². The summed E-state index contributed by atoms with van der Waals surface area (Å²) < 4.78 is 0. The molecule has 1 aromatic rings. The molecule has 3 aliphatic rings. The fourth-order valence-electron chi connectivity index (χ4n) is 3.79. The molecule has 0 bridgehead atoms. The minimum atomic E-state index is 0.743. The van der Waals surface area contributed by atoms with Gasteiger partial charge in [-0.3, -0.25) is 4.90 Å². The van der Waals surface area contributed by atoms with E-state index in [0.29, 0.717) is 0 Å². The lowest BCUT2D eigenvalue weighted by molar-refractivity contribution is 0.139. The maximum Gasteiger partial charge on any atom is 0.0220 e. The second-order valence-corrected chi connectivity index (χ2v) is 7.93. The molecule has 2 fully saturated rings. The van der Waals surface area contributed by atoms with Crippen LogP contribution in [0, 0.1) is 0 Å². The van der Waals surface area contributed by atoms with Crippen molar-refractivity contribution in [2.75, 3.05) is 25.4 Å². The molecule has 21 heavy (non-hydrogen) atoms. The van der Waals surface area contributed by atoms with Crippen LogP contribution in [0.5, 0.6) is 0 Å². The van der Waals surface area contributed by atoms with Crippen molar-refractivity contribution < 1.29 is 0 Å². The smallest absolute Gasteiger partial charge is 0.0220 e.